The first-order valence-electron chi connectivity index (χ1n) is 9.56. The van der Waals surface area contributed by atoms with E-state index < -0.39 is 29.9 Å². The summed E-state index contributed by atoms with van der Waals surface area (Å²) in [6, 6.07) is 11.5. The minimum atomic E-state index is -1.18. The van der Waals surface area contributed by atoms with Crippen molar-refractivity contribution in [3.63, 3.8) is 0 Å². The van der Waals surface area contributed by atoms with E-state index in [1.54, 1.807) is 17.0 Å². The van der Waals surface area contributed by atoms with E-state index in [2.05, 4.69) is 4.98 Å². The molecule has 3 atom stereocenters. The lowest BCUT2D eigenvalue weighted by molar-refractivity contribution is -0.166. The molecule has 150 valence electrons. The molecule has 3 N–H and O–H groups in total. The van der Waals surface area contributed by atoms with Crippen molar-refractivity contribution in [2.45, 2.75) is 24.8 Å². The van der Waals surface area contributed by atoms with Gasteiger partial charge in [0.15, 0.2) is 6.04 Å². The molecule has 2 aromatic rings. The van der Waals surface area contributed by atoms with Gasteiger partial charge in [-0.3, -0.25) is 4.79 Å². The number of hydrogen-bond acceptors (Lipinski definition) is 5. The second-order valence-corrected chi connectivity index (χ2v) is 7.52. The van der Waals surface area contributed by atoms with E-state index in [0.29, 0.717) is 18.9 Å². The van der Waals surface area contributed by atoms with Crippen molar-refractivity contribution in [2.75, 3.05) is 18.8 Å². The Kier molecular flexibility index (Phi) is 4.92. The van der Waals surface area contributed by atoms with Crippen molar-refractivity contribution in [1.82, 2.24) is 14.8 Å². The Morgan fingerprint density at radius 3 is 2.66 bits per heavy atom. The number of aromatic nitrogens is 1. The summed E-state index contributed by atoms with van der Waals surface area (Å²) in [4.78, 5) is 43.8. The summed E-state index contributed by atoms with van der Waals surface area (Å²) in [5, 5.41) is 9.64. The SMILES string of the molecule is Nc1cc(C[C@H]2C(=O)N(C(=O)N3CCC(c4ccccc4)C3)[C@@H]2C(=O)O)ccn1. The highest BCUT2D eigenvalue weighted by Crippen LogP contribution is 2.34. The molecule has 1 unspecified atom stereocenters. The van der Waals surface area contributed by atoms with Crippen molar-refractivity contribution < 1.29 is 19.5 Å². The molecule has 0 bridgehead atoms. The molecule has 1 aromatic carbocycles. The summed E-state index contributed by atoms with van der Waals surface area (Å²) in [5.41, 5.74) is 7.52. The van der Waals surface area contributed by atoms with Crippen LogP contribution in [0.2, 0.25) is 0 Å². The number of pyridine rings is 1. The highest BCUT2D eigenvalue weighted by atomic mass is 16.4. The first kappa shape index (κ1) is 18.9. The highest BCUT2D eigenvalue weighted by molar-refractivity contribution is 6.07. The predicted octanol–water partition coefficient (Wildman–Crippen LogP) is 1.73. The van der Waals surface area contributed by atoms with Gasteiger partial charge < -0.3 is 15.7 Å². The molecule has 2 saturated heterocycles. The molecule has 0 aliphatic carbocycles. The van der Waals surface area contributed by atoms with E-state index in [4.69, 9.17) is 5.73 Å². The van der Waals surface area contributed by atoms with E-state index in [0.717, 1.165) is 22.4 Å². The van der Waals surface area contributed by atoms with Gasteiger partial charge in [-0.05, 0) is 36.1 Å². The first-order chi connectivity index (χ1) is 14.0. The lowest BCUT2D eigenvalue weighted by atomic mass is 9.82. The van der Waals surface area contributed by atoms with Gasteiger partial charge in [0, 0.05) is 25.2 Å². The van der Waals surface area contributed by atoms with Gasteiger partial charge in [-0.1, -0.05) is 30.3 Å². The maximum Gasteiger partial charge on any atom is 0.327 e. The number of nitrogen functional groups attached to an aromatic ring is 1. The largest absolute Gasteiger partial charge is 0.480 e. The molecule has 0 saturated carbocycles. The quantitative estimate of drug-likeness (QED) is 0.763. The molecule has 3 amide bonds. The van der Waals surface area contributed by atoms with Crippen molar-refractivity contribution >= 4 is 23.7 Å². The third-order valence-corrected chi connectivity index (χ3v) is 5.70. The minimum absolute atomic E-state index is 0.190. The lowest BCUT2D eigenvalue weighted by Crippen LogP contribution is -2.68. The summed E-state index contributed by atoms with van der Waals surface area (Å²) in [6.07, 6.45) is 2.51. The molecule has 2 fully saturated rings. The number of rotatable bonds is 4. The fourth-order valence-electron chi connectivity index (χ4n) is 4.20. The van der Waals surface area contributed by atoms with Gasteiger partial charge in [-0.2, -0.15) is 0 Å². The number of nitrogens with two attached hydrogens (primary N) is 1. The van der Waals surface area contributed by atoms with Crippen LogP contribution in [0.15, 0.2) is 48.7 Å². The molecule has 8 heteroatoms. The smallest absolute Gasteiger partial charge is 0.327 e. The highest BCUT2D eigenvalue weighted by Gasteiger charge is 2.55. The maximum absolute atomic E-state index is 12.9. The van der Waals surface area contributed by atoms with Crippen LogP contribution in [0.25, 0.3) is 0 Å². The third kappa shape index (κ3) is 3.53. The number of hydrogen-bond donors (Lipinski definition) is 2. The average Bonchev–Trinajstić information content (AvgIpc) is 3.20. The summed E-state index contributed by atoms with van der Waals surface area (Å²) in [6.45, 7) is 0.977. The number of carboxylic acids is 1. The lowest BCUT2D eigenvalue weighted by Gasteiger charge is -2.44. The summed E-state index contributed by atoms with van der Waals surface area (Å²) in [7, 11) is 0. The number of carbonyl (C=O) groups excluding carboxylic acids is 2. The van der Waals surface area contributed by atoms with Gasteiger partial charge in [0.05, 0.1) is 5.92 Å². The predicted molar refractivity (Wildman–Crippen MR) is 105 cm³/mol. The number of carboxylic acid groups (broad SMARTS) is 1. The van der Waals surface area contributed by atoms with Gasteiger partial charge in [-0.15, -0.1) is 0 Å². The second-order valence-electron chi connectivity index (χ2n) is 7.52. The molecule has 29 heavy (non-hydrogen) atoms. The number of likely N-dealkylation sites (tertiary alicyclic amines) is 2. The maximum atomic E-state index is 12.9. The summed E-state index contributed by atoms with van der Waals surface area (Å²) >= 11 is 0. The van der Waals surface area contributed by atoms with Gasteiger partial charge in [0.1, 0.15) is 5.82 Å². The molecule has 4 rings (SSSR count). The van der Waals surface area contributed by atoms with Crippen molar-refractivity contribution in [3.05, 3.63) is 59.8 Å². The molecule has 3 heterocycles. The van der Waals surface area contributed by atoms with Crippen molar-refractivity contribution in [1.29, 1.82) is 0 Å². The molecule has 0 spiro atoms. The Labute approximate surface area is 167 Å². The number of benzene rings is 1. The molecular formula is C21H22N4O4. The van der Waals surface area contributed by atoms with Gasteiger partial charge >= 0.3 is 12.0 Å². The zero-order valence-electron chi connectivity index (χ0n) is 15.8. The number of aliphatic carboxylic acids is 1. The topological polar surface area (TPSA) is 117 Å². The van der Waals surface area contributed by atoms with Crippen LogP contribution in [0.1, 0.15) is 23.5 Å². The number of imide groups is 1. The number of β-lactam (4-membered cyclic amide) rings is 1. The van der Waals surface area contributed by atoms with E-state index in [-0.39, 0.29) is 12.3 Å². The van der Waals surface area contributed by atoms with Crippen molar-refractivity contribution in [3.8, 4) is 0 Å². The van der Waals surface area contributed by atoms with E-state index in [1.807, 2.05) is 30.3 Å². The van der Waals surface area contributed by atoms with Crippen LogP contribution < -0.4 is 5.73 Å². The number of nitrogens with zero attached hydrogens (tertiary/aromatic N) is 3. The second kappa shape index (κ2) is 7.54. The van der Waals surface area contributed by atoms with Crippen LogP contribution in [-0.4, -0.2) is 56.9 Å². The zero-order chi connectivity index (χ0) is 20.5. The van der Waals surface area contributed by atoms with E-state index in [1.165, 1.54) is 6.20 Å². The Hall–Kier alpha value is -3.42. The number of carbonyl (C=O) groups is 3. The van der Waals surface area contributed by atoms with Gasteiger partial charge in [0.2, 0.25) is 5.91 Å². The first-order valence-corrected chi connectivity index (χ1v) is 9.56. The molecule has 2 aliphatic heterocycles. The normalized spacial score (nSPS) is 23.7. The van der Waals surface area contributed by atoms with Crippen LogP contribution in [0.3, 0.4) is 0 Å². The van der Waals surface area contributed by atoms with Crippen LogP contribution in [0.4, 0.5) is 10.6 Å². The molecular weight excluding hydrogens is 372 g/mol. The van der Waals surface area contributed by atoms with Crippen LogP contribution in [0, 0.1) is 5.92 Å². The minimum Gasteiger partial charge on any atom is -0.480 e. The number of urea groups is 1. The van der Waals surface area contributed by atoms with E-state index >= 15 is 0 Å². The monoisotopic (exact) mass is 394 g/mol. The summed E-state index contributed by atoms with van der Waals surface area (Å²) < 4.78 is 0. The van der Waals surface area contributed by atoms with Crippen LogP contribution >= 0.6 is 0 Å². The van der Waals surface area contributed by atoms with Gasteiger partial charge in [-0.25, -0.2) is 19.5 Å². The zero-order valence-corrected chi connectivity index (χ0v) is 15.8. The van der Waals surface area contributed by atoms with E-state index in [9.17, 15) is 19.5 Å². The van der Waals surface area contributed by atoms with Crippen LogP contribution in [0.5, 0.6) is 0 Å². The van der Waals surface area contributed by atoms with Crippen molar-refractivity contribution in [2.24, 2.45) is 5.92 Å². The number of amides is 3. The fraction of sp³-hybridized carbons (Fsp3) is 0.333. The summed E-state index contributed by atoms with van der Waals surface area (Å²) in [5.74, 6) is -1.93. The Balaban J connectivity index is 1.46. The van der Waals surface area contributed by atoms with Crippen LogP contribution in [-0.2, 0) is 16.0 Å². The fourth-order valence-corrected chi connectivity index (χ4v) is 4.20. The molecule has 1 aromatic heterocycles. The Morgan fingerprint density at radius 2 is 1.97 bits per heavy atom. The Morgan fingerprint density at radius 1 is 1.21 bits per heavy atom. The number of anilines is 1. The van der Waals surface area contributed by atoms with Gasteiger partial charge in [0.25, 0.3) is 0 Å². The standard InChI is InChI=1S/C21H22N4O4/c22-17-11-13(6-8-23-17)10-16-18(20(27)28)25(19(16)26)21(29)24-9-7-15(12-24)14-4-2-1-3-5-14/h1-6,8,11,15-16,18H,7,9-10,12H2,(H2,22,23)(H,27,28)/t15?,16-,18+/m1/s1. The molecule has 0 radical (unpaired) electrons. The Bertz CT molecular complexity index is 949. The average molecular weight is 394 g/mol. The molecule has 8 nitrogen and oxygen atoms in total. The molecule has 2 aliphatic rings. The third-order valence-electron chi connectivity index (χ3n) is 5.70.